The van der Waals surface area contributed by atoms with Crippen LogP contribution in [0.15, 0.2) is 36.0 Å². The van der Waals surface area contributed by atoms with Gasteiger partial charge in [0.2, 0.25) is 0 Å². The lowest BCUT2D eigenvalue weighted by atomic mass is 10.1. The Morgan fingerprint density at radius 2 is 2.29 bits per heavy atom. The maximum absolute atomic E-state index is 13.3. The lowest BCUT2D eigenvalue weighted by Crippen LogP contribution is -2.09. The van der Waals surface area contributed by atoms with Crippen molar-refractivity contribution in [1.29, 1.82) is 10.7 Å². The molecule has 1 aromatic heterocycles. The van der Waals surface area contributed by atoms with Gasteiger partial charge in [-0.3, -0.25) is 10.1 Å². The summed E-state index contributed by atoms with van der Waals surface area (Å²) in [6, 6.07) is 7.58. The first kappa shape index (κ1) is 17.7. The van der Waals surface area contributed by atoms with Gasteiger partial charge in [0, 0.05) is 36.1 Å². The molecule has 6 nitrogen and oxygen atoms in total. The molecule has 0 fully saturated rings. The Morgan fingerprint density at radius 1 is 1.54 bits per heavy atom. The van der Waals surface area contributed by atoms with Gasteiger partial charge in [0.1, 0.15) is 17.1 Å². The van der Waals surface area contributed by atoms with E-state index in [0.717, 1.165) is 5.69 Å². The molecule has 0 spiro atoms. The third kappa shape index (κ3) is 4.41. The summed E-state index contributed by atoms with van der Waals surface area (Å²) in [6.07, 6.45) is 1.73. The molecule has 1 aromatic carbocycles. The maximum Gasteiger partial charge on any atom is 0.162 e. The smallest absolute Gasteiger partial charge is 0.162 e. The van der Waals surface area contributed by atoms with E-state index in [-0.39, 0.29) is 17.5 Å². The molecule has 0 aliphatic rings. The molecule has 1 heterocycles. The van der Waals surface area contributed by atoms with Crippen molar-refractivity contribution in [3.05, 3.63) is 58.8 Å². The Kier molecular flexibility index (Phi) is 5.68. The van der Waals surface area contributed by atoms with Gasteiger partial charge in [0.15, 0.2) is 5.69 Å². The van der Waals surface area contributed by atoms with E-state index in [0.29, 0.717) is 23.4 Å². The molecule has 0 saturated carbocycles. The van der Waals surface area contributed by atoms with Crippen LogP contribution in [0.5, 0.6) is 0 Å². The highest BCUT2D eigenvalue weighted by Gasteiger charge is 2.11. The number of nitrogens with zero attached hydrogens (tertiary/aromatic N) is 3. The van der Waals surface area contributed by atoms with Gasteiger partial charge in [0.25, 0.3) is 0 Å². The van der Waals surface area contributed by atoms with Crippen LogP contribution < -0.4 is 5.32 Å². The van der Waals surface area contributed by atoms with Crippen molar-refractivity contribution in [2.45, 2.75) is 13.0 Å². The first-order chi connectivity index (χ1) is 11.4. The highest BCUT2D eigenvalue weighted by atomic mass is 35.5. The Labute approximate surface area is 143 Å². The molecule has 0 bridgehead atoms. The maximum atomic E-state index is 13.3. The first-order valence-corrected chi connectivity index (χ1v) is 7.34. The second-order valence-corrected chi connectivity index (χ2v) is 5.44. The van der Waals surface area contributed by atoms with Crippen LogP contribution in [0, 0.1) is 22.6 Å². The number of nitrogens with one attached hydrogen (secondary N) is 2. The van der Waals surface area contributed by atoms with Crippen LogP contribution in [0.3, 0.4) is 0 Å². The zero-order chi connectivity index (χ0) is 17.7. The van der Waals surface area contributed by atoms with Crippen molar-refractivity contribution in [2.75, 3.05) is 5.32 Å². The Hall–Kier alpha value is -2.69. The van der Waals surface area contributed by atoms with Crippen LogP contribution in [-0.2, 0) is 20.1 Å². The Morgan fingerprint density at radius 3 is 2.88 bits per heavy atom. The summed E-state index contributed by atoms with van der Waals surface area (Å²) < 4.78 is 14.8. The van der Waals surface area contributed by atoms with E-state index < -0.39 is 5.82 Å². The number of rotatable bonds is 6. The van der Waals surface area contributed by atoms with Gasteiger partial charge in [-0.1, -0.05) is 11.6 Å². The third-order valence-corrected chi connectivity index (χ3v) is 3.41. The second kappa shape index (κ2) is 7.73. The van der Waals surface area contributed by atoms with Crippen molar-refractivity contribution in [3.63, 3.8) is 0 Å². The van der Waals surface area contributed by atoms with Gasteiger partial charge >= 0.3 is 0 Å². The molecule has 3 N–H and O–H groups in total. The first-order valence-electron chi connectivity index (χ1n) is 6.97. The summed E-state index contributed by atoms with van der Waals surface area (Å²) in [5.74, 6) is -0.453. The average Bonchev–Trinajstić information content (AvgIpc) is 2.88. The van der Waals surface area contributed by atoms with Crippen LogP contribution >= 0.6 is 11.6 Å². The number of aliphatic hydroxyl groups excluding tert-OH is 1. The predicted octanol–water partition coefficient (Wildman–Crippen LogP) is 2.68. The van der Waals surface area contributed by atoms with Gasteiger partial charge in [0.05, 0.1) is 6.61 Å². The van der Waals surface area contributed by atoms with Crippen molar-refractivity contribution in [2.24, 2.45) is 7.05 Å². The number of aryl methyl sites for hydroxylation is 1. The molecule has 0 atom stereocenters. The highest BCUT2D eigenvalue weighted by Crippen LogP contribution is 2.21. The zero-order valence-electron chi connectivity index (χ0n) is 12.8. The standard InChI is InChI=1S/C16H15ClFN5O/c1-23-14(6-13(8-19)22-23)5-12(7-16(17)20)21-15-3-2-11(18)4-10(15)9-24/h2-4,6-7,20-21,24H,5,9H2,1H3/b12-7-,20-16?. The van der Waals surface area contributed by atoms with E-state index in [1.165, 1.54) is 24.3 Å². The molecule has 2 aromatic rings. The number of aliphatic hydroxyl groups is 1. The van der Waals surface area contributed by atoms with Crippen molar-refractivity contribution < 1.29 is 9.50 Å². The minimum Gasteiger partial charge on any atom is -0.392 e. The number of allylic oxidation sites excluding steroid dienone is 2. The van der Waals surface area contributed by atoms with Crippen LogP contribution in [-0.4, -0.2) is 20.1 Å². The fourth-order valence-electron chi connectivity index (χ4n) is 2.19. The quantitative estimate of drug-likeness (QED) is 0.700. The number of benzene rings is 1. The van der Waals surface area contributed by atoms with Crippen LogP contribution in [0.2, 0.25) is 0 Å². The fraction of sp³-hybridized carbons (Fsp3) is 0.188. The molecule has 0 aliphatic carbocycles. The van der Waals surface area contributed by atoms with Gasteiger partial charge in [-0.2, -0.15) is 10.4 Å². The van der Waals surface area contributed by atoms with E-state index in [4.69, 9.17) is 22.3 Å². The Bertz CT molecular complexity index is 837. The van der Waals surface area contributed by atoms with E-state index in [9.17, 15) is 9.50 Å². The zero-order valence-corrected chi connectivity index (χ0v) is 13.6. The summed E-state index contributed by atoms with van der Waals surface area (Å²) in [6.45, 7) is -0.337. The summed E-state index contributed by atoms with van der Waals surface area (Å²) in [5, 5.41) is 32.6. The lowest BCUT2D eigenvalue weighted by molar-refractivity contribution is 0.282. The molecule has 0 aliphatic heterocycles. The average molecular weight is 348 g/mol. The summed E-state index contributed by atoms with van der Waals surface area (Å²) in [4.78, 5) is 0. The van der Waals surface area contributed by atoms with E-state index >= 15 is 0 Å². The molecular formula is C16H15ClFN5O. The number of hydrogen-bond acceptors (Lipinski definition) is 5. The normalized spacial score (nSPS) is 11.2. The number of hydrogen-bond donors (Lipinski definition) is 3. The fourth-order valence-corrected chi connectivity index (χ4v) is 2.33. The number of halogens is 2. The van der Waals surface area contributed by atoms with E-state index in [2.05, 4.69) is 10.4 Å². The molecule has 124 valence electrons. The molecule has 0 saturated heterocycles. The third-order valence-electron chi connectivity index (χ3n) is 3.30. The summed E-state index contributed by atoms with van der Waals surface area (Å²) >= 11 is 5.66. The van der Waals surface area contributed by atoms with E-state index in [1.54, 1.807) is 17.8 Å². The molecule has 2 rings (SSSR count). The topological polar surface area (TPSA) is 97.7 Å². The van der Waals surface area contributed by atoms with Gasteiger partial charge in [-0.15, -0.1) is 0 Å². The molecule has 0 radical (unpaired) electrons. The van der Waals surface area contributed by atoms with Gasteiger partial charge < -0.3 is 10.4 Å². The van der Waals surface area contributed by atoms with Crippen molar-refractivity contribution in [3.8, 4) is 6.07 Å². The van der Waals surface area contributed by atoms with E-state index in [1.807, 2.05) is 6.07 Å². The molecule has 8 heteroatoms. The van der Waals surface area contributed by atoms with Gasteiger partial charge in [-0.05, 0) is 30.3 Å². The number of aromatic nitrogens is 2. The molecule has 24 heavy (non-hydrogen) atoms. The number of nitriles is 1. The number of anilines is 1. The predicted molar refractivity (Wildman–Crippen MR) is 89.2 cm³/mol. The highest BCUT2D eigenvalue weighted by molar-refractivity contribution is 6.67. The van der Waals surface area contributed by atoms with Crippen molar-refractivity contribution >= 4 is 22.5 Å². The lowest BCUT2D eigenvalue weighted by Gasteiger charge is -2.14. The minimum absolute atomic E-state index is 0.187. The monoisotopic (exact) mass is 347 g/mol. The van der Waals surface area contributed by atoms with Crippen LogP contribution in [0.1, 0.15) is 17.0 Å². The Balaban J connectivity index is 2.32. The second-order valence-electron chi connectivity index (χ2n) is 5.04. The SMILES string of the molecule is Cn1nc(C#N)cc1C/C(=C/C(=N)Cl)Nc1ccc(F)cc1CO. The minimum atomic E-state index is -0.453. The molecule has 0 amide bonds. The van der Waals surface area contributed by atoms with Gasteiger partial charge in [-0.25, -0.2) is 4.39 Å². The van der Waals surface area contributed by atoms with Crippen LogP contribution in [0.4, 0.5) is 10.1 Å². The molecular weight excluding hydrogens is 333 g/mol. The summed E-state index contributed by atoms with van der Waals surface area (Å²) in [7, 11) is 1.71. The molecule has 0 unspecified atom stereocenters. The summed E-state index contributed by atoms with van der Waals surface area (Å²) in [5.41, 5.74) is 2.45. The van der Waals surface area contributed by atoms with Crippen LogP contribution in [0.25, 0.3) is 0 Å². The van der Waals surface area contributed by atoms with Crippen molar-refractivity contribution in [1.82, 2.24) is 9.78 Å². The largest absolute Gasteiger partial charge is 0.392 e.